The van der Waals surface area contributed by atoms with Gasteiger partial charge in [-0.1, -0.05) is 12.1 Å². The zero-order chi connectivity index (χ0) is 20.1. The molecule has 0 fully saturated rings. The standard InChI is InChI=1S/C19H21N5O4/c1-12(2)28-19(26)15-7-4-6-14(10-15)18-21-23-24(22-18)11-17(25)20-13(3)16-8-5-9-27-16/h4-10,12-13H,11H2,1-3H3,(H,20,25). The summed E-state index contributed by atoms with van der Waals surface area (Å²) in [6.45, 7) is 5.30. The Bertz CT molecular complexity index is 949. The first-order valence-corrected chi connectivity index (χ1v) is 8.84. The second-order valence-corrected chi connectivity index (χ2v) is 6.48. The summed E-state index contributed by atoms with van der Waals surface area (Å²) < 4.78 is 10.5. The number of ether oxygens (including phenoxy) is 1. The number of hydrogen-bond acceptors (Lipinski definition) is 7. The quantitative estimate of drug-likeness (QED) is 0.623. The second kappa shape index (κ2) is 8.47. The molecule has 146 valence electrons. The van der Waals surface area contributed by atoms with Crippen molar-refractivity contribution in [3.8, 4) is 11.4 Å². The summed E-state index contributed by atoms with van der Waals surface area (Å²) in [4.78, 5) is 25.4. The molecule has 1 aromatic carbocycles. The number of tetrazole rings is 1. The third-order valence-electron chi connectivity index (χ3n) is 3.78. The Hall–Kier alpha value is -3.49. The van der Waals surface area contributed by atoms with Gasteiger partial charge < -0.3 is 14.5 Å². The molecule has 2 heterocycles. The van der Waals surface area contributed by atoms with E-state index in [9.17, 15) is 9.59 Å². The molecule has 0 radical (unpaired) electrons. The van der Waals surface area contributed by atoms with Crippen molar-refractivity contribution in [3.63, 3.8) is 0 Å². The van der Waals surface area contributed by atoms with E-state index in [2.05, 4.69) is 20.7 Å². The first-order chi connectivity index (χ1) is 13.4. The highest BCUT2D eigenvalue weighted by atomic mass is 16.5. The average Bonchev–Trinajstić information content (AvgIpc) is 3.33. The van der Waals surface area contributed by atoms with E-state index in [1.165, 1.54) is 4.80 Å². The van der Waals surface area contributed by atoms with Crippen LogP contribution in [-0.2, 0) is 16.1 Å². The van der Waals surface area contributed by atoms with Crippen LogP contribution in [0.2, 0.25) is 0 Å². The number of nitrogens with one attached hydrogen (secondary N) is 1. The molecule has 0 spiro atoms. The molecule has 3 rings (SSSR count). The van der Waals surface area contributed by atoms with Crippen LogP contribution in [0.5, 0.6) is 0 Å². The van der Waals surface area contributed by atoms with Crippen molar-refractivity contribution < 1.29 is 18.7 Å². The van der Waals surface area contributed by atoms with Crippen LogP contribution in [0.4, 0.5) is 0 Å². The van der Waals surface area contributed by atoms with Crippen molar-refractivity contribution in [3.05, 3.63) is 54.0 Å². The molecule has 0 bridgehead atoms. The maximum atomic E-state index is 12.2. The second-order valence-electron chi connectivity index (χ2n) is 6.48. The number of furan rings is 1. The van der Waals surface area contributed by atoms with E-state index in [0.29, 0.717) is 22.7 Å². The summed E-state index contributed by atoms with van der Waals surface area (Å²) in [7, 11) is 0. The first-order valence-electron chi connectivity index (χ1n) is 8.84. The number of aromatic nitrogens is 4. The predicted molar refractivity (Wildman–Crippen MR) is 99.1 cm³/mol. The van der Waals surface area contributed by atoms with Gasteiger partial charge >= 0.3 is 5.97 Å². The van der Waals surface area contributed by atoms with Crippen LogP contribution < -0.4 is 5.32 Å². The first kappa shape index (κ1) is 19.3. The summed E-state index contributed by atoms with van der Waals surface area (Å²) >= 11 is 0. The van der Waals surface area contributed by atoms with Gasteiger partial charge in [0, 0.05) is 5.56 Å². The minimum absolute atomic E-state index is 0.0901. The van der Waals surface area contributed by atoms with Crippen LogP contribution in [0, 0.1) is 0 Å². The molecule has 9 nitrogen and oxygen atoms in total. The Balaban J connectivity index is 1.65. The Labute approximate surface area is 161 Å². The van der Waals surface area contributed by atoms with Gasteiger partial charge in [0.15, 0.2) is 0 Å². The summed E-state index contributed by atoms with van der Waals surface area (Å²) in [5.41, 5.74) is 1.00. The van der Waals surface area contributed by atoms with E-state index in [1.807, 2.05) is 6.92 Å². The smallest absolute Gasteiger partial charge is 0.338 e. The number of hydrogen-bond donors (Lipinski definition) is 1. The summed E-state index contributed by atoms with van der Waals surface area (Å²) in [6.07, 6.45) is 1.34. The van der Waals surface area contributed by atoms with Gasteiger partial charge in [-0.15, -0.1) is 10.2 Å². The molecule has 0 aliphatic carbocycles. The van der Waals surface area contributed by atoms with Gasteiger partial charge in [-0.3, -0.25) is 4.79 Å². The van der Waals surface area contributed by atoms with Gasteiger partial charge in [0.05, 0.1) is 24.0 Å². The number of esters is 1. The van der Waals surface area contributed by atoms with E-state index < -0.39 is 5.97 Å². The average molecular weight is 383 g/mol. The topological polar surface area (TPSA) is 112 Å². The lowest BCUT2D eigenvalue weighted by Crippen LogP contribution is -2.30. The van der Waals surface area contributed by atoms with Crippen molar-refractivity contribution >= 4 is 11.9 Å². The van der Waals surface area contributed by atoms with Crippen LogP contribution >= 0.6 is 0 Å². The van der Waals surface area contributed by atoms with Crippen LogP contribution in [0.3, 0.4) is 0 Å². The molecule has 1 N–H and O–H groups in total. The lowest BCUT2D eigenvalue weighted by Gasteiger charge is -2.10. The largest absolute Gasteiger partial charge is 0.467 e. The molecule has 2 aromatic heterocycles. The Morgan fingerprint density at radius 1 is 1.21 bits per heavy atom. The number of rotatable bonds is 7. The van der Waals surface area contributed by atoms with Crippen molar-refractivity contribution in [1.82, 2.24) is 25.5 Å². The molecule has 28 heavy (non-hydrogen) atoms. The van der Waals surface area contributed by atoms with Crippen molar-refractivity contribution in [2.45, 2.75) is 39.5 Å². The number of carbonyl (C=O) groups excluding carboxylic acids is 2. The highest BCUT2D eigenvalue weighted by Crippen LogP contribution is 2.17. The van der Waals surface area contributed by atoms with E-state index >= 15 is 0 Å². The van der Waals surface area contributed by atoms with Crippen LogP contribution in [0.25, 0.3) is 11.4 Å². The lowest BCUT2D eigenvalue weighted by molar-refractivity contribution is -0.122. The summed E-state index contributed by atoms with van der Waals surface area (Å²) in [5, 5.41) is 14.9. The van der Waals surface area contributed by atoms with E-state index in [4.69, 9.17) is 9.15 Å². The highest BCUT2D eigenvalue weighted by Gasteiger charge is 2.15. The SMILES string of the molecule is CC(C)OC(=O)c1cccc(-c2nnn(CC(=O)NC(C)c3ccco3)n2)c1. The molecule has 1 unspecified atom stereocenters. The van der Waals surface area contributed by atoms with Gasteiger partial charge in [-0.25, -0.2) is 4.79 Å². The fourth-order valence-corrected chi connectivity index (χ4v) is 2.52. The third kappa shape index (κ3) is 4.81. The van der Waals surface area contributed by atoms with Gasteiger partial charge in [-0.2, -0.15) is 4.80 Å². The highest BCUT2D eigenvalue weighted by molar-refractivity contribution is 5.90. The minimum atomic E-state index is -0.421. The monoisotopic (exact) mass is 383 g/mol. The number of nitrogens with zero attached hydrogens (tertiary/aromatic N) is 4. The molecule has 0 saturated carbocycles. The van der Waals surface area contributed by atoms with Gasteiger partial charge in [0.25, 0.3) is 0 Å². The molecular weight excluding hydrogens is 362 g/mol. The van der Waals surface area contributed by atoms with Gasteiger partial charge in [-0.05, 0) is 50.3 Å². The molecule has 3 aromatic rings. The fraction of sp³-hybridized carbons (Fsp3) is 0.316. The zero-order valence-corrected chi connectivity index (χ0v) is 15.8. The van der Waals surface area contributed by atoms with Crippen molar-refractivity contribution in [1.29, 1.82) is 0 Å². The van der Waals surface area contributed by atoms with E-state index in [1.54, 1.807) is 56.5 Å². The van der Waals surface area contributed by atoms with E-state index in [-0.39, 0.29) is 24.6 Å². The molecule has 0 saturated heterocycles. The van der Waals surface area contributed by atoms with Crippen LogP contribution in [-0.4, -0.2) is 38.2 Å². The van der Waals surface area contributed by atoms with Crippen molar-refractivity contribution in [2.75, 3.05) is 0 Å². The van der Waals surface area contributed by atoms with Crippen LogP contribution in [0.15, 0.2) is 47.1 Å². The lowest BCUT2D eigenvalue weighted by atomic mass is 10.1. The minimum Gasteiger partial charge on any atom is -0.467 e. The predicted octanol–water partition coefficient (Wildman–Crippen LogP) is 2.38. The van der Waals surface area contributed by atoms with Gasteiger partial charge in [0.1, 0.15) is 12.3 Å². The molecule has 1 atom stereocenters. The maximum absolute atomic E-state index is 12.2. The van der Waals surface area contributed by atoms with Gasteiger partial charge in [0.2, 0.25) is 11.7 Å². The zero-order valence-electron chi connectivity index (χ0n) is 15.8. The molecule has 9 heteroatoms. The third-order valence-corrected chi connectivity index (χ3v) is 3.78. The number of carbonyl (C=O) groups is 2. The fourth-order valence-electron chi connectivity index (χ4n) is 2.52. The normalized spacial score (nSPS) is 12.0. The Morgan fingerprint density at radius 2 is 2.04 bits per heavy atom. The van der Waals surface area contributed by atoms with Crippen LogP contribution in [0.1, 0.15) is 42.9 Å². The number of amides is 1. The van der Waals surface area contributed by atoms with Crippen molar-refractivity contribution in [2.24, 2.45) is 0 Å². The number of benzene rings is 1. The summed E-state index contributed by atoms with van der Waals surface area (Å²) in [6, 6.07) is 10.0. The maximum Gasteiger partial charge on any atom is 0.338 e. The molecule has 0 aliphatic rings. The Kier molecular flexibility index (Phi) is 5.83. The molecular formula is C19H21N5O4. The molecule has 1 amide bonds. The summed E-state index contributed by atoms with van der Waals surface area (Å²) in [5.74, 6) is 0.273. The van der Waals surface area contributed by atoms with E-state index in [0.717, 1.165) is 0 Å². The Morgan fingerprint density at radius 3 is 2.75 bits per heavy atom. The molecule has 0 aliphatic heterocycles.